The van der Waals surface area contributed by atoms with Crippen molar-refractivity contribution in [2.45, 2.75) is 26.2 Å². The van der Waals surface area contributed by atoms with Gasteiger partial charge in [0.25, 0.3) is 0 Å². The Hall–Kier alpha value is -1.63. The summed E-state index contributed by atoms with van der Waals surface area (Å²) in [5.41, 5.74) is 3.78. The zero-order chi connectivity index (χ0) is 11.8. The predicted molar refractivity (Wildman–Crippen MR) is 71.2 cm³/mol. The molecule has 0 atom stereocenters. The van der Waals surface area contributed by atoms with Crippen molar-refractivity contribution in [3.63, 3.8) is 0 Å². The number of nitrogens with one attached hydrogen (secondary N) is 1. The van der Waals surface area contributed by atoms with Crippen LogP contribution in [-0.4, -0.2) is 6.21 Å². The topological polar surface area (TPSA) is 23.9 Å². The van der Waals surface area contributed by atoms with E-state index in [-0.39, 0.29) is 0 Å². The summed E-state index contributed by atoms with van der Waals surface area (Å²) in [6.07, 6.45) is 8.10. The first-order valence-electron chi connectivity index (χ1n) is 5.61. The van der Waals surface area contributed by atoms with Crippen molar-refractivity contribution in [2.75, 3.05) is 0 Å². The maximum Gasteiger partial charge on any atom is 0.000304 e. The first-order chi connectivity index (χ1) is 7.72. The molecule has 0 aliphatic rings. The Bertz CT molecular complexity index is 371. The van der Waals surface area contributed by atoms with Crippen LogP contribution < -0.4 is 0 Å². The predicted octanol–water partition coefficient (Wildman–Crippen LogP) is 4.08. The summed E-state index contributed by atoms with van der Waals surface area (Å²) in [4.78, 5) is 0. The van der Waals surface area contributed by atoms with Crippen molar-refractivity contribution in [3.05, 3.63) is 59.7 Å². The minimum Gasteiger partial charge on any atom is -0.313 e. The molecular weight excluding hydrogens is 194 g/mol. The van der Waals surface area contributed by atoms with Crippen molar-refractivity contribution < 1.29 is 0 Å². The van der Waals surface area contributed by atoms with Crippen LogP contribution in [0.25, 0.3) is 0 Å². The van der Waals surface area contributed by atoms with Gasteiger partial charge < -0.3 is 5.41 Å². The third kappa shape index (κ3) is 4.74. The Kier molecular flexibility index (Phi) is 5.27. The van der Waals surface area contributed by atoms with E-state index in [1.807, 2.05) is 12.2 Å². The van der Waals surface area contributed by atoms with Crippen LogP contribution in [-0.2, 0) is 6.42 Å². The highest BCUT2D eigenvalue weighted by molar-refractivity contribution is 5.55. The fourth-order valence-electron chi connectivity index (χ4n) is 1.45. The van der Waals surface area contributed by atoms with E-state index in [4.69, 9.17) is 5.41 Å². The van der Waals surface area contributed by atoms with Crippen molar-refractivity contribution in [1.29, 1.82) is 5.41 Å². The Morgan fingerprint density at radius 3 is 2.62 bits per heavy atom. The molecule has 1 aromatic rings. The lowest BCUT2D eigenvalue weighted by molar-refractivity contribution is 0.967. The van der Waals surface area contributed by atoms with E-state index < -0.39 is 0 Å². The van der Waals surface area contributed by atoms with Crippen molar-refractivity contribution in [1.82, 2.24) is 0 Å². The van der Waals surface area contributed by atoms with Gasteiger partial charge in [-0.3, -0.25) is 0 Å². The van der Waals surface area contributed by atoms with E-state index in [1.54, 1.807) is 0 Å². The fraction of sp³-hybridized carbons (Fsp3) is 0.267. The first-order valence-corrected chi connectivity index (χ1v) is 5.61. The van der Waals surface area contributed by atoms with Gasteiger partial charge in [0, 0.05) is 6.42 Å². The Balaban J connectivity index is 2.37. The van der Waals surface area contributed by atoms with E-state index in [0.717, 1.165) is 18.4 Å². The minimum absolute atomic E-state index is 0.698. The molecule has 84 valence electrons. The molecule has 0 amide bonds. The molecule has 0 bridgehead atoms. The number of hydrogen-bond acceptors (Lipinski definition) is 1. The second-order valence-corrected chi connectivity index (χ2v) is 3.99. The van der Waals surface area contributed by atoms with E-state index in [2.05, 4.69) is 37.8 Å². The number of rotatable bonds is 6. The maximum absolute atomic E-state index is 6.90. The molecule has 1 nitrogen and oxygen atoms in total. The van der Waals surface area contributed by atoms with Gasteiger partial charge in [0.15, 0.2) is 0 Å². The lowest BCUT2D eigenvalue weighted by atomic mass is 10.0. The van der Waals surface area contributed by atoms with E-state index in [9.17, 15) is 0 Å². The highest BCUT2D eigenvalue weighted by Crippen LogP contribution is 2.10. The molecule has 0 aromatic heterocycles. The Labute approximate surface area is 98.0 Å². The third-order valence-corrected chi connectivity index (χ3v) is 2.46. The van der Waals surface area contributed by atoms with Crippen LogP contribution >= 0.6 is 0 Å². The molecule has 0 aliphatic heterocycles. The van der Waals surface area contributed by atoms with Crippen LogP contribution in [0, 0.1) is 12.3 Å². The molecule has 1 heteroatoms. The highest BCUT2D eigenvalue weighted by atomic mass is 14.3. The van der Waals surface area contributed by atoms with Gasteiger partial charge in [-0.2, -0.15) is 0 Å². The van der Waals surface area contributed by atoms with Gasteiger partial charge in [-0.15, -0.1) is 0 Å². The molecule has 0 aliphatic carbocycles. The fourth-order valence-corrected chi connectivity index (χ4v) is 1.45. The molecule has 1 rings (SSSR count). The minimum atomic E-state index is 0.698. The molecule has 0 radical (unpaired) electrons. The number of benzene rings is 1. The second-order valence-electron chi connectivity index (χ2n) is 3.99. The molecular formula is C15H19N. The van der Waals surface area contributed by atoms with Gasteiger partial charge in [-0.1, -0.05) is 54.1 Å². The van der Waals surface area contributed by atoms with Crippen LogP contribution in [0.1, 0.15) is 24.0 Å². The lowest BCUT2D eigenvalue weighted by Crippen LogP contribution is -1.86. The molecule has 16 heavy (non-hydrogen) atoms. The molecule has 0 unspecified atom stereocenters. The van der Waals surface area contributed by atoms with Crippen LogP contribution in [0.3, 0.4) is 0 Å². The standard InChI is InChI=1S/C15H19N/c1-13(5-3-4-12-16)6-9-15-10-7-14(2)8-11-15/h3,5,7-8,10-12,16H,1,4,6,9H2,2H3/b5-3-,16-12?. The highest BCUT2D eigenvalue weighted by Gasteiger charge is 1.94. The molecule has 0 fully saturated rings. The van der Waals surface area contributed by atoms with Gasteiger partial charge in [0.1, 0.15) is 0 Å². The van der Waals surface area contributed by atoms with E-state index >= 15 is 0 Å². The lowest BCUT2D eigenvalue weighted by Gasteiger charge is -2.02. The second kappa shape index (κ2) is 6.78. The third-order valence-electron chi connectivity index (χ3n) is 2.46. The molecule has 0 saturated carbocycles. The molecule has 0 heterocycles. The van der Waals surface area contributed by atoms with E-state index in [0.29, 0.717) is 6.42 Å². The van der Waals surface area contributed by atoms with Gasteiger partial charge in [-0.05, 0) is 31.5 Å². The SMILES string of the molecule is C=C(/C=C\CC=N)CCc1ccc(C)cc1. The molecule has 1 N–H and O–H groups in total. The first kappa shape index (κ1) is 12.4. The van der Waals surface area contributed by atoms with Gasteiger partial charge >= 0.3 is 0 Å². The summed E-state index contributed by atoms with van der Waals surface area (Å²) in [7, 11) is 0. The average Bonchev–Trinajstić information content (AvgIpc) is 2.29. The van der Waals surface area contributed by atoms with Crippen LogP contribution in [0.4, 0.5) is 0 Å². The maximum atomic E-state index is 6.90. The van der Waals surface area contributed by atoms with Crippen LogP contribution in [0.2, 0.25) is 0 Å². The van der Waals surface area contributed by atoms with Gasteiger partial charge in [0.2, 0.25) is 0 Å². The zero-order valence-corrected chi connectivity index (χ0v) is 9.87. The summed E-state index contributed by atoms with van der Waals surface area (Å²) in [6.45, 7) is 6.10. The van der Waals surface area contributed by atoms with Crippen molar-refractivity contribution >= 4 is 6.21 Å². The van der Waals surface area contributed by atoms with Crippen molar-refractivity contribution in [3.8, 4) is 0 Å². The van der Waals surface area contributed by atoms with Crippen LogP contribution in [0.5, 0.6) is 0 Å². The number of allylic oxidation sites excluding steroid dienone is 3. The van der Waals surface area contributed by atoms with E-state index in [1.165, 1.54) is 17.3 Å². The van der Waals surface area contributed by atoms with Gasteiger partial charge in [0.05, 0.1) is 0 Å². The molecule has 1 aromatic carbocycles. The quantitative estimate of drug-likeness (QED) is 0.544. The largest absolute Gasteiger partial charge is 0.313 e. The number of hydrogen-bond donors (Lipinski definition) is 1. The van der Waals surface area contributed by atoms with Gasteiger partial charge in [-0.25, -0.2) is 0 Å². The zero-order valence-electron chi connectivity index (χ0n) is 9.87. The summed E-state index contributed by atoms with van der Waals surface area (Å²) >= 11 is 0. The monoisotopic (exact) mass is 213 g/mol. The average molecular weight is 213 g/mol. The summed E-state index contributed by atoms with van der Waals surface area (Å²) in [6, 6.07) is 8.62. The Morgan fingerprint density at radius 1 is 1.31 bits per heavy atom. The summed E-state index contributed by atoms with van der Waals surface area (Å²) in [5.74, 6) is 0. The summed E-state index contributed by atoms with van der Waals surface area (Å²) in [5, 5.41) is 6.90. The normalized spacial score (nSPS) is 10.6. The Morgan fingerprint density at radius 2 is 2.00 bits per heavy atom. The summed E-state index contributed by atoms with van der Waals surface area (Å²) < 4.78 is 0. The smallest absolute Gasteiger partial charge is 0.000304 e. The number of aryl methyl sites for hydroxylation is 2. The van der Waals surface area contributed by atoms with Crippen molar-refractivity contribution in [2.24, 2.45) is 0 Å². The van der Waals surface area contributed by atoms with Crippen LogP contribution in [0.15, 0.2) is 48.6 Å². The molecule has 0 saturated heterocycles. The molecule has 0 spiro atoms.